The lowest BCUT2D eigenvalue weighted by molar-refractivity contribution is -0.140. The predicted molar refractivity (Wildman–Crippen MR) is 133 cm³/mol. The summed E-state index contributed by atoms with van der Waals surface area (Å²) in [6.07, 6.45) is 2.93. The topological polar surface area (TPSA) is 122 Å². The number of furan rings is 1. The number of methoxy groups -OCH3 is 1. The number of hydrogen-bond acceptors (Lipinski definition) is 8. The molecule has 0 radical (unpaired) electrons. The van der Waals surface area contributed by atoms with Crippen LogP contribution in [0.2, 0.25) is 0 Å². The van der Waals surface area contributed by atoms with Crippen molar-refractivity contribution < 1.29 is 31.9 Å². The monoisotopic (exact) mass is 519 g/mol. The molecule has 3 aromatic rings. The van der Waals surface area contributed by atoms with Gasteiger partial charge in [-0.1, -0.05) is 0 Å². The van der Waals surface area contributed by atoms with Gasteiger partial charge in [-0.3, -0.25) is 14.4 Å². The largest absolute Gasteiger partial charge is 0.469 e. The average Bonchev–Trinajstić information content (AvgIpc) is 3.62. The number of unbranched alkanes of at least 4 members (excludes halogenated alkanes) is 1. The molecular weight excluding hydrogens is 489 g/mol. The standard InChI is InChI=1S/C25H30FN3O6S/c1-27-24(31)21-19-14-18(15-7-8-15)23(29(36(3,32)33)13-5-4-6-20(30)34-2)28-25(19)35-22(21)16-9-11-17(26)12-10-16/h9-12,14-15,24,27,31H,4-8,13H2,1-3H3. The number of esters is 1. The van der Waals surface area contributed by atoms with Crippen molar-refractivity contribution in [2.45, 2.75) is 44.2 Å². The van der Waals surface area contributed by atoms with Crippen LogP contribution in [0.4, 0.5) is 10.2 Å². The Labute approximate surface area is 209 Å². The summed E-state index contributed by atoms with van der Waals surface area (Å²) < 4.78 is 51.1. The maximum Gasteiger partial charge on any atom is 0.305 e. The van der Waals surface area contributed by atoms with Gasteiger partial charge in [0.2, 0.25) is 15.7 Å². The molecule has 0 aliphatic heterocycles. The van der Waals surface area contributed by atoms with Crippen LogP contribution in [-0.4, -0.2) is 51.4 Å². The third kappa shape index (κ3) is 5.53. The summed E-state index contributed by atoms with van der Waals surface area (Å²) >= 11 is 0. The van der Waals surface area contributed by atoms with Crippen LogP contribution in [0.25, 0.3) is 22.4 Å². The number of pyridine rings is 1. The van der Waals surface area contributed by atoms with Crippen LogP contribution in [0.3, 0.4) is 0 Å². The van der Waals surface area contributed by atoms with Crippen LogP contribution < -0.4 is 9.62 Å². The molecule has 2 N–H and O–H groups in total. The molecule has 2 aromatic heterocycles. The number of benzene rings is 1. The van der Waals surface area contributed by atoms with E-state index in [9.17, 15) is 22.7 Å². The van der Waals surface area contributed by atoms with Gasteiger partial charge < -0.3 is 14.3 Å². The second-order valence-electron chi connectivity index (χ2n) is 8.94. The minimum Gasteiger partial charge on any atom is -0.469 e. The molecule has 9 nitrogen and oxygen atoms in total. The maximum atomic E-state index is 13.5. The van der Waals surface area contributed by atoms with E-state index in [1.165, 1.54) is 23.5 Å². The number of anilines is 1. The quantitative estimate of drug-likeness (QED) is 0.223. The predicted octanol–water partition coefficient (Wildman–Crippen LogP) is 3.83. The fraction of sp³-hybridized carbons (Fsp3) is 0.440. The van der Waals surface area contributed by atoms with Crippen molar-refractivity contribution in [3.05, 3.63) is 47.3 Å². The number of aromatic nitrogens is 1. The Balaban J connectivity index is 1.82. The molecular formula is C25H30FN3O6S. The van der Waals surface area contributed by atoms with E-state index in [2.05, 4.69) is 15.0 Å². The number of carbonyl (C=O) groups excluding carboxylic acids is 1. The minimum absolute atomic E-state index is 0.139. The molecule has 1 aliphatic carbocycles. The smallest absolute Gasteiger partial charge is 0.305 e. The Morgan fingerprint density at radius 1 is 1.31 bits per heavy atom. The Hall–Kier alpha value is -3.02. The van der Waals surface area contributed by atoms with Crippen molar-refractivity contribution in [3.8, 4) is 11.3 Å². The number of carbonyl (C=O) groups is 1. The van der Waals surface area contributed by atoms with Gasteiger partial charge in [0.25, 0.3) is 0 Å². The third-order valence-corrected chi connectivity index (χ3v) is 7.41. The first kappa shape index (κ1) is 26.1. The van der Waals surface area contributed by atoms with Crippen LogP contribution in [0, 0.1) is 5.82 Å². The highest BCUT2D eigenvalue weighted by molar-refractivity contribution is 7.92. The van der Waals surface area contributed by atoms with Gasteiger partial charge in [-0.25, -0.2) is 12.8 Å². The summed E-state index contributed by atoms with van der Waals surface area (Å²) in [7, 11) is -0.780. The zero-order valence-corrected chi connectivity index (χ0v) is 21.3. The number of halogens is 1. The van der Waals surface area contributed by atoms with Gasteiger partial charge in [0, 0.05) is 23.9 Å². The zero-order valence-electron chi connectivity index (χ0n) is 20.5. The zero-order chi connectivity index (χ0) is 26.0. The summed E-state index contributed by atoms with van der Waals surface area (Å²) in [6, 6.07) is 7.53. The van der Waals surface area contributed by atoms with E-state index in [0.717, 1.165) is 24.7 Å². The van der Waals surface area contributed by atoms with Crippen molar-refractivity contribution >= 4 is 32.9 Å². The number of fused-ring (bicyclic) bond motifs is 1. The van der Waals surface area contributed by atoms with Gasteiger partial charge in [0.05, 0.1) is 18.9 Å². The molecule has 11 heteroatoms. The maximum absolute atomic E-state index is 13.5. The first-order valence-electron chi connectivity index (χ1n) is 11.8. The second-order valence-corrected chi connectivity index (χ2v) is 10.8. The summed E-state index contributed by atoms with van der Waals surface area (Å²) in [5.74, 6) is -0.00526. The van der Waals surface area contributed by atoms with E-state index in [-0.39, 0.29) is 36.4 Å². The van der Waals surface area contributed by atoms with Crippen LogP contribution in [0.15, 0.2) is 34.7 Å². The van der Waals surface area contributed by atoms with E-state index in [1.54, 1.807) is 19.2 Å². The lowest BCUT2D eigenvalue weighted by atomic mass is 10.0. The third-order valence-electron chi connectivity index (χ3n) is 6.26. The van der Waals surface area contributed by atoms with Crippen LogP contribution in [0.5, 0.6) is 0 Å². The van der Waals surface area contributed by atoms with Crippen LogP contribution >= 0.6 is 0 Å². The molecule has 1 saturated carbocycles. The van der Waals surface area contributed by atoms with Crippen molar-refractivity contribution in [3.63, 3.8) is 0 Å². The average molecular weight is 520 g/mol. The Morgan fingerprint density at radius 3 is 2.58 bits per heavy atom. The van der Waals surface area contributed by atoms with E-state index >= 15 is 0 Å². The summed E-state index contributed by atoms with van der Waals surface area (Å²) in [5.41, 5.74) is 1.93. The number of sulfonamides is 1. The SMILES string of the molecule is CNC(O)c1c(-c2ccc(F)cc2)oc2nc(N(CCCCC(=O)OC)S(C)(=O)=O)c(C3CC3)cc12. The van der Waals surface area contributed by atoms with E-state index in [4.69, 9.17) is 4.42 Å². The number of aliphatic hydroxyl groups excluding tert-OH is 1. The Kier molecular flexibility index (Phi) is 7.62. The summed E-state index contributed by atoms with van der Waals surface area (Å²) in [4.78, 5) is 16.1. The van der Waals surface area contributed by atoms with E-state index < -0.39 is 22.1 Å². The molecule has 0 saturated heterocycles. The molecule has 4 rings (SSSR count). The molecule has 0 bridgehead atoms. The number of ether oxygens (including phenoxy) is 1. The lowest BCUT2D eigenvalue weighted by Crippen LogP contribution is -2.32. The molecule has 194 valence electrons. The minimum atomic E-state index is -3.69. The van der Waals surface area contributed by atoms with Crippen molar-refractivity contribution in [2.75, 3.05) is 31.3 Å². The molecule has 0 amide bonds. The van der Waals surface area contributed by atoms with Crippen molar-refractivity contribution in [1.29, 1.82) is 0 Å². The number of nitrogens with zero attached hydrogens (tertiary/aromatic N) is 2. The van der Waals surface area contributed by atoms with Gasteiger partial charge >= 0.3 is 5.97 Å². The Morgan fingerprint density at radius 2 is 2.00 bits per heavy atom. The van der Waals surface area contributed by atoms with Gasteiger partial charge in [0.15, 0.2) is 0 Å². The highest BCUT2D eigenvalue weighted by Gasteiger charge is 2.34. The summed E-state index contributed by atoms with van der Waals surface area (Å²) in [5, 5.41) is 14.1. The molecule has 1 aliphatic rings. The first-order chi connectivity index (χ1) is 17.1. The fourth-order valence-corrected chi connectivity index (χ4v) is 5.15. The van der Waals surface area contributed by atoms with E-state index in [1.807, 2.05) is 6.07 Å². The first-order valence-corrected chi connectivity index (χ1v) is 13.6. The summed E-state index contributed by atoms with van der Waals surface area (Å²) in [6.45, 7) is 0.144. The van der Waals surface area contributed by atoms with Gasteiger partial charge in [-0.15, -0.1) is 0 Å². The van der Waals surface area contributed by atoms with Crippen LogP contribution in [0.1, 0.15) is 55.4 Å². The lowest BCUT2D eigenvalue weighted by Gasteiger charge is -2.24. The highest BCUT2D eigenvalue weighted by atomic mass is 32.2. The van der Waals surface area contributed by atoms with E-state index in [0.29, 0.717) is 35.1 Å². The molecule has 1 fully saturated rings. The number of nitrogens with one attached hydrogen (secondary N) is 1. The molecule has 0 spiro atoms. The van der Waals surface area contributed by atoms with Gasteiger partial charge in [-0.05, 0) is 74.5 Å². The highest BCUT2D eigenvalue weighted by Crippen LogP contribution is 2.47. The molecule has 1 aromatic carbocycles. The molecule has 1 unspecified atom stereocenters. The number of aliphatic hydroxyl groups is 1. The van der Waals surface area contributed by atoms with Crippen molar-refractivity contribution in [2.24, 2.45) is 0 Å². The number of hydrogen-bond donors (Lipinski definition) is 2. The second kappa shape index (κ2) is 10.5. The Bertz CT molecular complexity index is 1350. The molecule has 36 heavy (non-hydrogen) atoms. The van der Waals surface area contributed by atoms with Crippen molar-refractivity contribution in [1.82, 2.24) is 10.3 Å². The number of rotatable bonds is 11. The van der Waals surface area contributed by atoms with Gasteiger partial charge in [0.1, 0.15) is 23.6 Å². The molecule has 1 atom stereocenters. The van der Waals surface area contributed by atoms with Crippen LogP contribution in [-0.2, 0) is 19.6 Å². The van der Waals surface area contributed by atoms with Gasteiger partial charge in [-0.2, -0.15) is 4.98 Å². The fourth-order valence-electron chi connectivity index (χ4n) is 4.23. The molecule has 2 heterocycles. The normalized spacial score (nSPS) is 14.7.